The van der Waals surface area contributed by atoms with Crippen LogP contribution in [0.1, 0.15) is 19.4 Å². The van der Waals surface area contributed by atoms with Crippen LogP contribution in [0.3, 0.4) is 0 Å². The van der Waals surface area contributed by atoms with Gasteiger partial charge in [-0.05, 0) is 44.5 Å². The first-order valence-electron chi connectivity index (χ1n) is 4.75. The molecular weight excluding hydrogens is 210 g/mol. The average Bonchev–Trinajstić information content (AvgIpc) is 2.20. The Bertz CT molecular complexity index is 393. The molecule has 0 fully saturated rings. The van der Waals surface area contributed by atoms with Gasteiger partial charge >= 0.3 is 0 Å². The molecule has 0 N–H and O–H groups in total. The predicted octanol–water partition coefficient (Wildman–Crippen LogP) is 3.58. The molecule has 0 amide bonds. The highest BCUT2D eigenvalue weighted by atomic mass is 35.5. The quantitative estimate of drug-likeness (QED) is 0.785. The van der Waals surface area contributed by atoms with E-state index in [0.717, 1.165) is 16.3 Å². The highest BCUT2D eigenvalue weighted by molar-refractivity contribution is 6.31. The van der Waals surface area contributed by atoms with Gasteiger partial charge in [0.1, 0.15) is 12.4 Å². The van der Waals surface area contributed by atoms with Crippen molar-refractivity contribution >= 4 is 11.6 Å². The normalized spacial score (nSPS) is 10.9. The molecule has 0 saturated heterocycles. The van der Waals surface area contributed by atoms with Crippen LogP contribution in [0, 0.1) is 23.7 Å². The van der Waals surface area contributed by atoms with Crippen LogP contribution in [0.2, 0.25) is 5.02 Å². The summed E-state index contributed by atoms with van der Waals surface area (Å²) in [4.78, 5) is 0. The van der Waals surface area contributed by atoms with E-state index in [4.69, 9.17) is 21.6 Å². The van der Waals surface area contributed by atoms with Gasteiger partial charge in [0.15, 0.2) is 0 Å². The lowest BCUT2D eigenvalue weighted by molar-refractivity contribution is 0.227. The molecular formula is C12H14ClNO. The molecule has 0 aliphatic heterocycles. The van der Waals surface area contributed by atoms with Crippen molar-refractivity contribution in [1.82, 2.24) is 0 Å². The van der Waals surface area contributed by atoms with Gasteiger partial charge in [-0.1, -0.05) is 11.6 Å². The fourth-order valence-corrected chi connectivity index (χ4v) is 1.12. The van der Waals surface area contributed by atoms with E-state index in [0.29, 0.717) is 6.61 Å². The molecule has 2 nitrogen and oxygen atoms in total. The van der Waals surface area contributed by atoms with Crippen molar-refractivity contribution in [1.29, 1.82) is 5.26 Å². The number of ether oxygens (including phenoxy) is 1. The molecule has 3 heteroatoms. The third kappa shape index (κ3) is 3.45. The third-order valence-corrected chi connectivity index (χ3v) is 2.46. The summed E-state index contributed by atoms with van der Waals surface area (Å²) in [5.41, 5.74) is 0.511. The van der Waals surface area contributed by atoms with Gasteiger partial charge in [0.25, 0.3) is 0 Å². The minimum Gasteiger partial charge on any atom is -0.492 e. The van der Waals surface area contributed by atoms with Gasteiger partial charge < -0.3 is 4.74 Å². The number of hydrogen-bond donors (Lipinski definition) is 0. The first-order valence-corrected chi connectivity index (χ1v) is 5.12. The minimum absolute atomic E-state index is 0.380. The Labute approximate surface area is 95.4 Å². The Morgan fingerprint density at radius 1 is 1.47 bits per heavy atom. The SMILES string of the molecule is Cc1cc(OCC(C)(C)C#N)ccc1Cl. The van der Waals surface area contributed by atoms with Crippen molar-refractivity contribution in [2.45, 2.75) is 20.8 Å². The first kappa shape index (κ1) is 11.9. The Morgan fingerprint density at radius 2 is 2.13 bits per heavy atom. The second-order valence-corrected chi connectivity index (χ2v) is 4.60. The zero-order valence-corrected chi connectivity index (χ0v) is 9.93. The van der Waals surface area contributed by atoms with Gasteiger partial charge in [-0.3, -0.25) is 0 Å². The Hall–Kier alpha value is -1.20. The largest absolute Gasteiger partial charge is 0.492 e. The van der Waals surface area contributed by atoms with Gasteiger partial charge in [-0.15, -0.1) is 0 Å². The molecule has 1 rings (SSSR count). The van der Waals surface area contributed by atoms with E-state index in [1.165, 1.54) is 0 Å². The van der Waals surface area contributed by atoms with Crippen molar-refractivity contribution in [2.24, 2.45) is 5.41 Å². The molecule has 15 heavy (non-hydrogen) atoms. The monoisotopic (exact) mass is 223 g/mol. The fraction of sp³-hybridized carbons (Fsp3) is 0.417. The van der Waals surface area contributed by atoms with Crippen molar-refractivity contribution in [3.05, 3.63) is 28.8 Å². The topological polar surface area (TPSA) is 33.0 Å². The Kier molecular flexibility index (Phi) is 3.60. The Morgan fingerprint density at radius 3 is 2.67 bits per heavy atom. The van der Waals surface area contributed by atoms with Crippen molar-refractivity contribution in [2.75, 3.05) is 6.61 Å². The van der Waals surface area contributed by atoms with E-state index in [-0.39, 0.29) is 0 Å². The number of nitriles is 1. The molecule has 0 aromatic heterocycles. The van der Waals surface area contributed by atoms with Crippen molar-refractivity contribution < 1.29 is 4.74 Å². The second-order valence-electron chi connectivity index (χ2n) is 4.20. The van der Waals surface area contributed by atoms with Crippen LogP contribution in [0.5, 0.6) is 5.75 Å². The second kappa shape index (κ2) is 4.55. The smallest absolute Gasteiger partial charge is 0.119 e. The maximum atomic E-state index is 8.82. The molecule has 0 bridgehead atoms. The summed E-state index contributed by atoms with van der Waals surface area (Å²) < 4.78 is 5.52. The summed E-state index contributed by atoms with van der Waals surface area (Å²) in [6.45, 7) is 5.99. The molecule has 0 spiro atoms. The van der Waals surface area contributed by atoms with E-state index in [2.05, 4.69) is 6.07 Å². The van der Waals surface area contributed by atoms with E-state index >= 15 is 0 Å². The van der Waals surface area contributed by atoms with Crippen LogP contribution >= 0.6 is 11.6 Å². The standard InChI is InChI=1S/C12H14ClNO/c1-9-6-10(4-5-11(9)13)15-8-12(2,3)7-14/h4-6H,8H2,1-3H3. The number of benzene rings is 1. The maximum Gasteiger partial charge on any atom is 0.119 e. The molecule has 0 aliphatic rings. The zero-order chi connectivity index (χ0) is 11.5. The highest BCUT2D eigenvalue weighted by Crippen LogP contribution is 2.23. The van der Waals surface area contributed by atoms with E-state index < -0.39 is 5.41 Å². The molecule has 0 radical (unpaired) electrons. The molecule has 1 aromatic carbocycles. The van der Waals surface area contributed by atoms with E-state index in [1.807, 2.05) is 32.9 Å². The van der Waals surface area contributed by atoms with Gasteiger partial charge in [0.2, 0.25) is 0 Å². The van der Waals surface area contributed by atoms with Crippen LogP contribution in [0.4, 0.5) is 0 Å². The lowest BCUT2D eigenvalue weighted by Crippen LogP contribution is -2.18. The summed E-state index contributed by atoms with van der Waals surface area (Å²) in [7, 11) is 0. The van der Waals surface area contributed by atoms with Crippen LogP contribution in [0.25, 0.3) is 0 Å². The zero-order valence-electron chi connectivity index (χ0n) is 9.17. The first-order chi connectivity index (χ1) is 6.94. The summed E-state index contributed by atoms with van der Waals surface area (Å²) in [5, 5.41) is 9.54. The number of nitrogens with zero attached hydrogens (tertiary/aromatic N) is 1. The third-order valence-electron chi connectivity index (χ3n) is 2.03. The van der Waals surface area contributed by atoms with Crippen LogP contribution < -0.4 is 4.74 Å². The number of halogens is 1. The summed E-state index contributed by atoms with van der Waals surface area (Å²) in [5.74, 6) is 0.750. The van der Waals surface area contributed by atoms with Crippen molar-refractivity contribution in [3.63, 3.8) is 0 Å². The molecule has 0 unspecified atom stereocenters. The summed E-state index contributed by atoms with van der Waals surface area (Å²) >= 11 is 5.89. The van der Waals surface area contributed by atoms with Crippen LogP contribution in [-0.2, 0) is 0 Å². The van der Waals surface area contributed by atoms with Gasteiger partial charge in [-0.25, -0.2) is 0 Å². The van der Waals surface area contributed by atoms with Crippen LogP contribution in [-0.4, -0.2) is 6.61 Å². The van der Waals surface area contributed by atoms with Crippen molar-refractivity contribution in [3.8, 4) is 11.8 Å². The molecule has 0 atom stereocenters. The van der Waals surface area contributed by atoms with E-state index in [1.54, 1.807) is 6.07 Å². The molecule has 0 saturated carbocycles. The fourth-order valence-electron chi connectivity index (χ4n) is 1.00. The predicted molar refractivity (Wildman–Crippen MR) is 61.1 cm³/mol. The van der Waals surface area contributed by atoms with Gasteiger partial charge in [-0.2, -0.15) is 5.26 Å². The number of aryl methyl sites for hydroxylation is 1. The van der Waals surface area contributed by atoms with Crippen LogP contribution in [0.15, 0.2) is 18.2 Å². The molecule has 80 valence electrons. The lowest BCUT2D eigenvalue weighted by atomic mass is 9.98. The lowest BCUT2D eigenvalue weighted by Gasteiger charge is -2.16. The molecule has 0 heterocycles. The molecule has 1 aromatic rings. The minimum atomic E-state index is -0.465. The summed E-state index contributed by atoms with van der Waals surface area (Å²) in [6, 6.07) is 7.66. The number of rotatable bonds is 3. The summed E-state index contributed by atoms with van der Waals surface area (Å²) in [6.07, 6.45) is 0. The Balaban J connectivity index is 2.67. The van der Waals surface area contributed by atoms with Gasteiger partial charge in [0, 0.05) is 5.02 Å². The maximum absolute atomic E-state index is 8.82. The van der Waals surface area contributed by atoms with E-state index in [9.17, 15) is 0 Å². The van der Waals surface area contributed by atoms with Gasteiger partial charge in [0.05, 0.1) is 11.5 Å². The highest BCUT2D eigenvalue weighted by Gasteiger charge is 2.17. The number of hydrogen-bond acceptors (Lipinski definition) is 2. The molecule has 0 aliphatic carbocycles. The average molecular weight is 224 g/mol.